The van der Waals surface area contributed by atoms with Crippen LogP contribution in [0.15, 0.2) is 61.1 Å². The highest BCUT2D eigenvalue weighted by atomic mass is 16.5. The molecule has 0 radical (unpaired) electrons. The highest BCUT2D eigenvalue weighted by Crippen LogP contribution is 2.25. The molecule has 0 fully saturated rings. The summed E-state index contributed by atoms with van der Waals surface area (Å²) in [6.07, 6.45) is 4.62. The van der Waals surface area contributed by atoms with Gasteiger partial charge in [0.2, 0.25) is 5.95 Å². The lowest BCUT2D eigenvalue weighted by Crippen LogP contribution is -2.23. The van der Waals surface area contributed by atoms with Crippen molar-refractivity contribution in [2.75, 3.05) is 12.4 Å². The summed E-state index contributed by atoms with van der Waals surface area (Å²) in [6.45, 7) is 0.348. The molecule has 2 N–H and O–H groups in total. The van der Waals surface area contributed by atoms with Crippen molar-refractivity contribution in [2.24, 2.45) is 0 Å². The topological polar surface area (TPSA) is 89.0 Å². The van der Waals surface area contributed by atoms with Crippen LogP contribution < -0.4 is 15.4 Å². The molecule has 7 heteroatoms. The summed E-state index contributed by atoms with van der Waals surface area (Å²) in [7, 11) is 1.59. The molecule has 0 bridgehead atoms. The minimum Gasteiger partial charge on any atom is -0.495 e. The second-order valence-corrected chi connectivity index (χ2v) is 5.12. The maximum Gasteiger partial charge on any atom is 0.254 e. The van der Waals surface area contributed by atoms with E-state index in [0.29, 0.717) is 23.8 Å². The molecule has 3 aromatic rings. The van der Waals surface area contributed by atoms with Gasteiger partial charge < -0.3 is 15.4 Å². The fourth-order valence-electron chi connectivity index (χ4n) is 2.15. The molecule has 0 saturated carbocycles. The quantitative estimate of drug-likeness (QED) is 0.720. The van der Waals surface area contributed by atoms with E-state index in [1.807, 2.05) is 42.5 Å². The largest absolute Gasteiger partial charge is 0.495 e. The van der Waals surface area contributed by atoms with Gasteiger partial charge in [-0.05, 0) is 24.3 Å². The van der Waals surface area contributed by atoms with Crippen LogP contribution in [0, 0.1) is 0 Å². The minimum absolute atomic E-state index is 0.255. The van der Waals surface area contributed by atoms with Gasteiger partial charge in [0.15, 0.2) is 0 Å². The van der Waals surface area contributed by atoms with Gasteiger partial charge in [0.1, 0.15) is 5.75 Å². The number of methoxy groups -OCH3 is 1. The molecule has 0 aliphatic carbocycles. The molecule has 0 saturated heterocycles. The maximum absolute atomic E-state index is 12.1. The van der Waals surface area contributed by atoms with Gasteiger partial charge in [0.25, 0.3) is 5.91 Å². The van der Waals surface area contributed by atoms with E-state index in [9.17, 15) is 4.79 Å². The monoisotopic (exact) mass is 335 g/mol. The molecule has 7 nitrogen and oxygen atoms in total. The summed E-state index contributed by atoms with van der Waals surface area (Å²) >= 11 is 0. The van der Waals surface area contributed by atoms with Crippen LogP contribution in [0.3, 0.4) is 0 Å². The van der Waals surface area contributed by atoms with Crippen LogP contribution in [0.5, 0.6) is 5.75 Å². The molecule has 3 rings (SSSR count). The number of carbonyl (C=O) groups excluding carboxylic acids is 1. The third kappa shape index (κ3) is 4.29. The fourth-order valence-corrected chi connectivity index (χ4v) is 2.15. The van der Waals surface area contributed by atoms with E-state index in [1.165, 1.54) is 12.4 Å². The Bertz CT molecular complexity index is 838. The number of para-hydroxylation sites is 2. The lowest BCUT2D eigenvalue weighted by molar-refractivity contribution is 0.0949. The van der Waals surface area contributed by atoms with Crippen LogP contribution in [0.2, 0.25) is 0 Å². The molecule has 0 spiro atoms. The molecular formula is C18H17N5O2. The number of hydrogen-bond donors (Lipinski definition) is 2. The summed E-state index contributed by atoms with van der Waals surface area (Å²) in [5, 5.41) is 5.84. The Morgan fingerprint density at radius 3 is 2.52 bits per heavy atom. The standard InChI is InChI=1S/C18H17N5O2/c1-25-16-8-3-2-7-15(16)23-18-21-10-13(11-22-18)17(24)20-12-14-6-4-5-9-19-14/h2-11H,12H2,1H3,(H,20,24)(H,21,22,23). The molecular weight excluding hydrogens is 318 g/mol. The molecule has 2 aromatic heterocycles. The molecule has 2 heterocycles. The normalized spacial score (nSPS) is 10.1. The Kier molecular flexibility index (Phi) is 5.16. The number of anilines is 2. The van der Waals surface area contributed by atoms with Gasteiger partial charge in [-0.25, -0.2) is 9.97 Å². The number of aromatic nitrogens is 3. The lowest BCUT2D eigenvalue weighted by atomic mass is 10.3. The van der Waals surface area contributed by atoms with E-state index in [0.717, 1.165) is 11.4 Å². The van der Waals surface area contributed by atoms with Crippen molar-refractivity contribution in [3.05, 3.63) is 72.3 Å². The number of hydrogen-bond acceptors (Lipinski definition) is 6. The van der Waals surface area contributed by atoms with Crippen molar-refractivity contribution >= 4 is 17.5 Å². The minimum atomic E-state index is -0.255. The van der Waals surface area contributed by atoms with Gasteiger partial charge >= 0.3 is 0 Å². The highest BCUT2D eigenvalue weighted by Gasteiger charge is 2.08. The number of ether oxygens (including phenoxy) is 1. The third-order valence-electron chi connectivity index (χ3n) is 3.42. The van der Waals surface area contributed by atoms with Crippen LogP contribution in [0.4, 0.5) is 11.6 Å². The van der Waals surface area contributed by atoms with Gasteiger partial charge in [-0.2, -0.15) is 0 Å². The van der Waals surface area contributed by atoms with Crippen molar-refractivity contribution in [1.29, 1.82) is 0 Å². The van der Waals surface area contributed by atoms with Crippen molar-refractivity contribution in [2.45, 2.75) is 6.54 Å². The van der Waals surface area contributed by atoms with E-state index < -0.39 is 0 Å². The number of nitrogens with one attached hydrogen (secondary N) is 2. The lowest BCUT2D eigenvalue weighted by Gasteiger charge is -2.09. The number of amides is 1. The summed E-state index contributed by atoms with van der Waals surface area (Å²) in [4.78, 5) is 24.6. The SMILES string of the molecule is COc1ccccc1Nc1ncc(C(=O)NCc2ccccn2)cn1. The smallest absolute Gasteiger partial charge is 0.254 e. The van der Waals surface area contributed by atoms with E-state index >= 15 is 0 Å². The summed E-state index contributed by atoms with van der Waals surface area (Å²) in [5.74, 6) is 0.809. The van der Waals surface area contributed by atoms with E-state index in [1.54, 1.807) is 13.3 Å². The van der Waals surface area contributed by atoms with E-state index in [-0.39, 0.29) is 5.91 Å². The summed E-state index contributed by atoms with van der Waals surface area (Å²) in [6, 6.07) is 13.0. The average Bonchev–Trinajstić information content (AvgIpc) is 2.68. The number of benzene rings is 1. The van der Waals surface area contributed by atoms with Gasteiger partial charge in [0, 0.05) is 18.6 Å². The zero-order chi connectivity index (χ0) is 17.5. The van der Waals surface area contributed by atoms with Crippen LogP contribution in [0.1, 0.15) is 16.1 Å². The molecule has 0 unspecified atom stereocenters. The van der Waals surface area contributed by atoms with Gasteiger partial charge in [-0.15, -0.1) is 0 Å². The molecule has 0 aliphatic heterocycles. The van der Waals surface area contributed by atoms with Crippen molar-refractivity contribution in [1.82, 2.24) is 20.3 Å². The van der Waals surface area contributed by atoms with Gasteiger partial charge in [0.05, 0.1) is 30.6 Å². The zero-order valence-electron chi connectivity index (χ0n) is 13.6. The van der Waals surface area contributed by atoms with Crippen molar-refractivity contribution in [3.63, 3.8) is 0 Å². The summed E-state index contributed by atoms with van der Waals surface area (Å²) < 4.78 is 5.27. The first-order valence-corrected chi connectivity index (χ1v) is 7.66. The van der Waals surface area contributed by atoms with Crippen molar-refractivity contribution in [3.8, 4) is 5.75 Å². The number of pyridine rings is 1. The highest BCUT2D eigenvalue weighted by molar-refractivity contribution is 5.93. The first-order chi connectivity index (χ1) is 12.3. The Hall–Kier alpha value is -3.48. The predicted molar refractivity (Wildman–Crippen MR) is 93.7 cm³/mol. The molecule has 126 valence electrons. The first kappa shape index (κ1) is 16.4. The number of nitrogens with zero attached hydrogens (tertiary/aromatic N) is 3. The average molecular weight is 335 g/mol. The van der Waals surface area contributed by atoms with Gasteiger partial charge in [-0.1, -0.05) is 18.2 Å². The van der Waals surface area contributed by atoms with Crippen LogP contribution in [-0.2, 0) is 6.54 Å². The number of rotatable bonds is 6. The third-order valence-corrected chi connectivity index (χ3v) is 3.42. The van der Waals surface area contributed by atoms with E-state index in [2.05, 4.69) is 25.6 Å². The van der Waals surface area contributed by atoms with Crippen LogP contribution in [-0.4, -0.2) is 28.0 Å². The molecule has 25 heavy (non-hydrogen) atoms. The first-order valence-electron chi connectivity index (χ1n) is 7.66. The second-order valence-electron chi connectivity index (χ2n) is 5.12. The van der Waals surface area contributed by atoms with Crippen LogP contribution >= 0.6 is 0 Å². The number of carbonyl (C=O) groups is 1. The van der Waals surface area contributed by atoms with E-state index in [4.69, 9.17) is 4.74 Å². The van der Waals surface area contributed by atoms with Crippen molar-refractivity contribution < 1.29 is 9.53 Å². The molecule has 1 amide bonds. The fraction of sp³-hybridized carbons (Fsp3) is 0.111. The zero-order valence-corrected chi connectivity index (χ0v) is 13.6. The maximum atomic E-state index is 12.1. The Morgan fingerprint density at radius 2 is 1.80 bits per heavy atom. The molecule has 0 aliphatic rings. The Labute approximate surface area is 145 Å². The molecule has 1 aromatic carbocycles. The predicted octanol–water partition coefficient (Wildman–Crippen LogP) is 2.55. The van der Waals surface area contributed by atoms with Crippen LogP contribution in [0.25, 0.3) is 0 Å². The Balaban J connectivity index is 1.62. The summed E-state index contributed by atoms with van der Waals surface area (Å²) in [5.41, 5.74) is 1.91. The molecule has 0 atom stereocenters. The second kappa shape index (κ2) is 7.87. The van der Waals surface area contributed by atoms with Gasteiger partial charge in [-0.3, -0.25) is 9.78 Å². The Morgan fingerprint density at radius 1 is 1.04 bits per heavy atom.